The van der Waals surface area contributed by atoms with E-state index in [1.807, 2.05) is 0 Å². The largest absolute Gasteiger partial charge is 0.573 e. The lowest BCUT2D eigenvalue weighted by Crippen LogP contribution is -2.48. The van der Waals surface area contributed by atoms with Crippen LogP contribution in [-0.4, -0.2) is 50.2 Å². The van der Waals surface area contributed by atoms with Gasteiger partial charge in [-0.3, -0.25) is 4.72 Å². The Labute approximate surface area is 177 Å². The van der Waals surface area contributed by atoms with Crippen LogP contribution in [0.1, 0.15) is 0 Å². The minimum absolute atomic E-state index is 0.292. The minimum atomic E-state index is -4.80. The van der Waals surface area contributed by atoms with E-state index < -0.39 is 16.6 Å². The van der Waals surface area contributed by atoms with Gasteiger partial charge in [-0.15, -0.1) is 13.2 Å². The van der Waals surface area contributed by atoms with Gasteiger partial charge in [0.15, 0.2) is 0 Å². The molecule has 0 amide bonds. The second-order valence-electron chi connectivity index (χ2n) is 6.91. The van der Waals surface area contributed by atoms with Crippen molar-refractivity contribution in [3.8, 4) is 17.0 Å². The molecule has 1 aliphatic rings. The number of anilines is 1. The number of aromatic nitrogens is 1. The number of rotatable bonds is 5. The fourth-order valence-corrected chi connectivity index (χ4v) is 4.57. The van der Waals surface area contributed by atoms with Crippen molar-refractivity contribution >= 4 is 26.8 Å². The summed E-state index contributed by atoms with van der Waals surface area (Å²) in [6.07, 6.45) is -4.80. The number of halogens is 3. The van der Waals surface area contributed by atoms with Crippen LogP contribution in [-0.2, 0) is 10.2 Å². The first-order valence-corrected chi connectivity index (χ1v) is 10.9. The normalized spacial score (nSPS) is 15.7. The number of fused-ring (bicyclic) bond motifs is 1. The molecule has 7 nitrogen and oxygen atoms in total. The summed E-state index contributed by atoms with van der Waals surface area (Å²) in [6.45, 7) is 1.83. The third-order valence-corrected chi connectivity index (χ3v) is 6.26. The van der Waals surface area contributed by atoms with Crippen molar-refractivity contribution in [2.75, 3.05) is 30.9 Å². The lowest BCUT2D eigenvalue weighted by Gasteiger charge is -2.27. The van der Waals surface area contributed by atoms with Crippen LogP contribution in [0.2, 0.25) is 0 Å². The zero-order valence-corrected chi connectivity index (χ0v) is 17.0. The number of pyridine rings is 1. The highest BCUT2D eigenvalue weighted by Crippen LogP contribution is 2.30. The Bertz CT molecular complexity index is 1200. The van der Waals surface area contributed by atoms with Gasteiger partial charge in [-0.2, -0.15) is 12.7 Å². The Hall–Kier alpha value is -2.89. The van der Waals surface area contributed by atoms with Gasteiger partial charge in [0.05, 0.1) is 16.9 Å². The summed E-state index contributed by atoms with van der Waals surface area (Å²) in [7, 11) is -3.77. The Morgan fingerprint density at radius 2 is 1.77 bits per heavy atom. The van der Waals surface area contributed by atoms with Gasteiger partial charge in [-0.05, 0) is 24.3 Å². The van der Waals surface area contributed by atoms with Crippen LogP contribution in [0.5, 0.6) is 5.75 Å². The van der Waals surface area contributed by atoms with E-state index in [9.17, 15) is 21.6 Å². The second-order valence-corrected chi connectivity index (χ2v) is 8.58. The molecule has 4 rings (SSSR count). The van der Waals surface area contributed by atoms with E-state index in [4.69, 9.17) is 0 Å². The lowest BCUT2D eigenvalue weighted by molar-refractivity contribution is -0.274. The highest BCUT2D eigenvalue weighted by Gasteiger charge is 2.31. The standard InChI is InChI=1S/C20H19F3N4O3S/c21-20(22,23)30-16-5-1-4-15(13-16)17-8-7-14-3-2-6-18(19(14)25-17)26-31(28,29)27-11-9-24-10-12-27/h1-8,13,24,26H,9-12H2. The molecular formula is C20H19F3N4O3S. The maximum Gasteiger partial charge on any atom is 0.573 e. The van der Waals surface area contributed by atoms with Crippen molar-refractivity contribution in [1.82, 2.24) is 14.6 Å². The molecule has 1 aliphatic heterocycles. The van der Waals surface area contributed by atoms with E-state index in [-0.39, 0.29) is 5.75 Å². The van der Waals surface area contributed by atoms with Gasteiger partial charge in [-0.25, -0.2) is 4.98 Å². The molecule has 0 aliphatic carbocycles. The van der Waals surface area contributed by atoms with E-state index in [0.717, 1.165) is 0 Å². The topological polar surface area (TPSA) is 83.6 Å². The molecule has 1 aromatic heterocycles. The van der Waals surface area contributed by atoms with Crippen molar-refractivity contribution in [3.63, 3.8) is 0 Å². The van der Waals surface area contributed by atoms with Crippen LogP contribution in [0.25, 0.3) is 22.2 Å². The molecule has 3 aromatic rings. The molecule has 0 atom stereocenters. The number of nitrogens with zero attached hydrogens (tertiary/aromatic N) is 2. The molecule has 0 saturated carbocycles. The Kier molecular flexibility index (Phi) is 5.73. The summed E-state index contributed by atoms with van der Waals surface area (Å²) in [5, 5.41) is 3.78. The Morgan fingerprint density at radius 3 is 2.52 bits per heavy atom. The number of benzene rings is 2. The molecule has 2 N–H and O–H groups in total. The maximum absolute atomic E-state index is 12.8. The van der Waals surface area contributed by atoms with Crippen LogP contribution in [0, 0.1) is 0 Å². The maximum atomic E-state index is 12.8. The zero-order chi connectivity index (χ0) is 22.1. The first-order valence-electron chi connectivity index (χ1n) is 9.46. The van der Waals surface area contributed by atoms with Gasteiger partial charge in [0, 0.05) is 37.1 Å². The molecule has 1 fully saturated rings. The zero-order valence-electron chi connectivity index (χ0n) is 16.2. The fourth-order valence-electron chi connectivity index (χ4n) is 3.33. The van der Waals surface area contributed by atoms with E-state index in [0.29, 0.717) is 54.0 Å². The molecule has 2 heterocycles. The van der Waals surface area contributed by atoms with Crippen LogP contribution < -0.4 is 14.8 Å². The quantitative estimate of drug-likeness (QED) is 0.620. The molecule has 1 saturated heterocycles. The Balaban J connectivity index is 1.69. The van der Waals surface area contributed by atoms with Gasteiger partial charge in [0.1, 0.15) is 5.75 Å². The van der Waals surface area contributed by atoms with E-state index in [1.54, 1.807) is 36.4 Å². The Morgan fingerprint density at radius 1 is 1.03 bits per heavy atom. The molecule has 2 aromatic carbocycles. The van der Waals surface area contributed by atoms with Gasteiger partial charge in [0.2, 0.25) is 0 Å². The summed E-state index contributed by atoms with van der Waals surface area (Å²) in [5.41, 5.74) is 1.47. The van der Waals surface area contributed by atoms with Gasteiger partial charge in [0.25, 0.3) is 0 Å². The number of piperazine rings is 1. The number of ether oxygens (including phenoxy) is 1. The number of alkyl halides is 3. The van der Waals surface area contributed by atoms with Crippen molar-refractivity contribution in [3.05, 3.63) is 54.6 Å². The summed E-state index contributed by atoms with van der Waals surface area (Å²) in [6, 6.07) is 13.9. The van der Waals surface area contributed by atoms with Gasteiger partial charge >= 0.3 is 16.6 Å². The highest BCUT2D eigenvalue weighted by molar-refractivity contribution is 7.90. The molecular weight excluding hydrogens is 433 g/mol. The van der Waals surface area contributed by atoms with Gasteiger partial charge < -0.3 is 10.1 Å². The third-order valence-electron chi connectivity index (χ3n) is 4.74. The van der Waals surface area contributed by atoms with Gasteiger partial charge in [-0.1, -0.05) is 30.3 Å². The van der Waals surface area contributed by atoms with Crippen LogP contribution in [0.15, 0.2) is 54.6 Å². The monoisotopic (exact) mass is 452 g/mol. The highest BCUT2D eigenvalue weighted by atomic mass is 32.2. The number of hydrogen-bond donors (Lipinski definition) is 2. The first kappa shape index (κ1) is 21.3. The number of nitrogens with one attached hydrogen (secondary N) is 2. The molecule has 0 unspecified atom stereocenters. The average Bonchev–Trinajstić information content (AvgIpc) is 2.73. The smallest absolute Gasteiger partial charge is 0.406 e. The van der Waals surface area contributed by atoms with Crippen molar-refractivity contribution in [2.45, 2.75) is 6.36 Å². The number of hydrogen-bond acceptors (Lipinski definition) is 5. The summed E-state index contributed by atoms with van der Waals surface area (Å²) >= 11 is 0. The van der Waals surface area contributed by atoms with Crippen molar-refractivity contribution in [2.24, 2.45) is 0 Å². The second kappa shape index (κ2) is 8.33. The van der Waals surface area contributed by atoms with Crippen molar-refractivity contribution < 1.29 is 26.3 Å². The summed E-state index contributed by atoms with van der Waals surface area (Å²) in [5.74, 6) is -0.361. The summed E-state index contributed by atoms with van der Waals surface area (Å²) in [4.78, 5) is 4.52. The molecule has 164 valence electrons. The predicted molar refractivity (Wildman–Crippen MR) is 111 cm³/mol. The first-order chi connectivity index (χ1) is 14.7. The van der Waals surface area contributed by atoms with E-state index in [2.05, 4.69) is 19.8 Å². The molecule has 0 radical (unpaired) electrons. The third kappa shape index (κ3) is 5.06. The molecule has 0 spiro atoms. The van der Waals surface area contributed by atoms with E-state index in [1.165, 1.54) is 22.5 Å². The molecule has 31 heavy (non-hydrogen) atoms. The molecule has 0 bridgehead atoms. The molecule has 11 heteroatoms. The van der Waals surface area contributed by atoms with Crippen LogP contribution >= 0.6 is 0 Å². The lowest BCUT2D eigenvalue weighted by atomic mass is 10.1. The number of para-hydroxylation sites is 1. The summed E-state index contributed by atoms with van der Waals surface area (Å²) < 4.78 is 71.1. The fraction of sp³-hybridized carbons (Fsp3) is 0.250. The minimum Gasteiger partial charge on any atom is -0.406 e. The van der Waals surface area contributed by atoms with E-state index >= 15 is 0 Å². The van der Waals surface area contributed by atoms with Crippen molar-refractivity contribution in [1.29, 1.82) is 0 Å². The average molecular weight is 452 g/mol. The SMILES string of the molecule is O=S(=O)(Nc1cccc2ccc(-c3cccc(OC(F)(F)F)c3)nc12)N1CCNCC1. The van der Waals surface area contributed by atoms with Crippen LogP contribution in [0.4, 0.5) is 18.9 Å². The van der Waals surface area contributed by atoms with Crippen LogP contribution in [0.3, 0.4) is 0 Å². The predicted octanol–water partition coefficient (Wildman–Crippen LogP) is 3.36.